The van der Waals surface area contributed by atoms with Crippen molar-refractivity contribution in [3.05, 3.63) is 42.6 Å². The van der Waals surface area contributed by atoms with Gasteiger partial charge in [0.2, 0.25) is 0 Å². The van der Waals surface area contributed by atoms with Crippen LogP contribution in [0.2, 0.25) is 0 Å². The van der Waals surface area contributed by atoms with Crippen LogP contribution in [0.3, 0.4) is 0 Å². The van der Waals surface area contributed by atoms with Gasteiger partial charge in [-0.25, -0.2) is 9.97 Å². The van der Waals surface area contributed by atoms with Crippen LogP contribution < -0.4 is 10.2 Å². The first-order valence-electron chi connectivity index (χ1n) is 9.93. The summed E-state index contributed by atoms with van der Waals surface area (Å²) < 4.78 is 2.02. The van der Waals surface area contributed by atoms with Gasteiger partial charge in [0, 0.05) is 45.1 Å². The molecular formula is C20H28N6O2. The largest absolute Gasteiger partial charge is 0.391 e. The fourth-order valence-electron chi connectivity index (χ4n) is 4.12. The third kappa shape index (κ3) is 4.34. The molecule has 3 heterocycles. The van der Waals surface area contributed by atoms with Gasteiger partial charge in [0.15, 0.2) is 0 Å². The first-order chi connectivity index (χ1) is 13.6. The maximum atomic E-state index is 12.7. The van der Waals surface area contributed by atoms with Gasteiger partial charge < -0.3 is 24.8 Å². The summed E-state index contributed by atoms with van der Waals surface area (Å²) in [5.41, 5.74) is 0.404. The summed E-state index contributed by atoms with van der Waals surface area (Å²) in [5, 5.41) is 13.4. The number of rotatable bonds is 5. The number of aliphatic hydroxyl groups is 1. The van der Waals surface area contributed by atoms with E-state index in [-0.39, 0.29) is 11.9 Å². The molecule has 8 heteroatoms. The average molecular weight is 384 g/mol. The third-order valence-electron chi connectivity index (χ3n) is 5.77. The molecule has 3 atom stereocenters. The van der Waals surface area contributed by atoms with Crippen LogP contribution in [0, 0.1) is 5.92 Å². The van der Waals surface area contributed by atoms with Crippen LogP contribution in [0.15, 0.2) is 36.9 Å². The summed E-state index contributed by atoms with van der Waals surface area (Å²) in [4.78, 5) is 25.9. The van der Waals surface area contributed by atoms with Gasteiger partial charge in [-0.15, -0.1) is 0 Å². The normalized spacial score (nSPS) is 25.8. The molecule has 1 aliphatic carbocycles. The fourth-order valence-corrected chi connectivity index (χ4v) is 4.12. The molecule has 28 heavy (non-hydrogen) atoms. The van der Waals surface area contributed by atoms with Gasteiger partial charge in [0.25, 0.3) is 5.91 Å². The zero-order valence-corrected chi connectivity index (χ0v) is 16.2. The van der Waals surface area contributed by atoms with E-state index in [1.165, 1.54) is 0 Å². The molecule has 8 nitrogen and oxygen atoms in total. The Morgan fingerprint density at radius 1 is 1.25 bits per heavy atom. The predicted octanol–water partition coefficient (Wildman–Crippen LogP) is 0.599. The molecule has 2 aromatic heterocycles. The lowest BCUT2D eigenvalue weighted by atomic mass is 10.1. The minimum atomic E-state index is -0.529. The van der Waals surface area contributed by atoms with Gasteiger partial charge in [-0.05, 0) is 37.9 Å². The maximum absolute atomic E-state index is 12.7. The van der Waals surface area contributed by atoms with Crippen molar-refractivity contribution >= 4 is 11.7 Å². The molecule has 0 aromatic carbocycles. The molecule has 1 unspecified atom stereocenters. The Bertz CT molecular complexity index is 788. The second-order valence-corrected chi connectivity index (χ2v) is 7.92. The number of aliphatic hydroxyl groups excluding tert-OH is 1. The van der Waals surface area contributed by atoms with Crippen molar-refractivity contribution in [2.45, 2.75) is 31.5 Å². The number of carbonyl (C=O) groups is 1. The number of anilines is 1. The summed E-state index contributed by atoms with van der Waals surface area (Å²) in [5.74, 6) is 0.938. The number of aromatic nitrogens is 3. The Morgan fingerprint density at radius 3 is 2.82 bits per heavy atom. The first-order valence-corrected chi connectivity index (χ1v) is 9.93. The molecule has 1 amide bonds. The van der Waals surface area contributed by atoms with E-state index in [9.17, 15) is 9.90 Å². The minimum absolute atomic E-state index is 0.219. The van der Waals surface area contributed by atoms with Crippen LogP contribution in [0.4, 0.5) is 5.82 Å². The molecule has 0 bridgehead atoms. The van der Waals surface area contributed by atoms with Crippen LogP contribution in [0.5, 0.6) is 0 Å². The Morgan fingerprint density at radius 2 is 2.07 bits per heavy atom. The topological polar surface area (TPSA) is 86.5 Å². The molecule has 1 saturated heterocycles. The third-order valence-corrected chi connectivity index (χ3v) is 5.77. The molecule has 2 aromatic rings. The number of amides is 1. The van der Waals surface area contributed by atoms with E-state index in [1.54, 1.807) is 18.6 Å². The highest BCUT2D eigenvalue weighted by Crippen LogP contribution is 2.28. The van der Waals surface area contributed by atoms with E-state index in [0.29, 0.717) is 18.0 Å². The SMILES string of the molecule is CN1CCN(c2cccc(C(=O)N[C@@H]3CC(Cn4ccnc4)C[C@H]3O)n2)CC1. The van der Waals surface area contributed by atoms with Crippen LogP contribution in [-0.2, 0) is 6.54 Å². The monoisotopic (exact) mass is 384 g/mol. The lowest BCUT2D eigenvalue weighted by molar-refractivity contribution is 0.0868. The van der Waals surface area contributed by atoms with E-state index < -0.39 is 6.10 Å². The number of hydrogen-bond acceptors (Lipinski definition) is 6. The predicted molar refractivity (Wildman–Crippen MR) is 106 cm³/mol. The summed E-state index contributed by atoms with van der Waals surface area (Å²) in [6, 6.07) is 5.32. The Labute approximate surface area is 165 Å². The molecule has 2 N–H and O–H groups in total. The molecule has 150 valence electrons. The Hall–Kier alpha value is -2.45. The second kappa shape index (κ2) is 8.28. The van der Waals surface area contributed by atoms with Crippen molar-refractivity contribution in [1.29, 1.82) is 0 Å². The number of piperazine rings is 1. The van der Waals surface area contributed by atoms with Crippen molar-refractivity contribution < 1.29 is 9.90 Å². The lowest BCUT2D eigenvalue weighted by Crippen LogP contribution is -2.45. The number of hydrogen-bond donors (Lipinski definition) is 2. The summed E-state index contributed by atoms with van der Waals surface area (Å²) >= 11 is 0. The van der Waals surface area contributed by atoms with Crippen molar-refractivity contribution in [2.24, 2.45) is 5.92 Å². The zero-order valence-electron chi connectivity index (χ0n) is 16.2. The van der Waals surface area contributed by atoms with Crippen molar-refractivity contribution in [1.82, 2.24) is 24.8 Å². The quantitative estimate of drug-likeness (QED) is 0.785. The van der Waals surface area contributed by atoms with Gasteiger partial charge in [0.1, 0.15) is 11.5 Å². The molecular weight excluding hydrogens is 356 g/mol. The van der Waals surface area contributed by atoms with Crippen molar-refractivity contribution in [3.8, 4) is 0 Å². The molecule has 1 saturated carbocycles. The molecule has 1 aliphatic heterocycles. The van der Waals surface area contributed by atoms with Crippen LogP contribution in [0.25, 0.3) is 0 Å². The van der Waals surface area contributed by atoms with Gasteiger partial charge in [-0.2, -0.15) is 0 Å². The lowest BCUT2D eigenvalue weighted by Gasteiger charge is -2.33. The van der Waals surface area contributed by atoms with E-state index in [0.717, 1.165) is 45.0 Å². The number of likely N-dealkylation sites (N-methyl/N-ethyl adjacent to an activating group) is 1. The van der Waals surface area contributed by atoms with Gasteiger partial charge in [-0.1, -0.05) is 6.07 Å². The first kappa shape index (κ1) is 18.9. The summed E-state index contributed by atoms with van der Waals surface area (Å²) in [6.07, 6.45) is 6.36. The van der Waals surface area contributed by atoms with Gasteiger partial charge in [-0.3, -0.25) is 4.79 Å². The van der Waals surface area contributed by atoms with E-state index in [2.05, 4.69) is 32.1 Å². The maximum Gasteiger partial charge on any atom is 0.270 e. The molecule has 2 aliphatic rings. The average Bonchev–Trinajstić information content (AvgIpc) is 3.32. The van der Waals surface area contributed by atoms with Gasteiger partial charge in [0.05, 0.1) is 18.5 Å². The fraction of sp³-hybridized carbons (Fsp3) is 0.550. The molecule has 4 rings (SSSR count). The Kier molecular flexibility index (Phi) is 5.59. The van der Waals surface area contributed by atoms with Crippen molar-refractivity contribution in [2.75, 3.05) is 38.1 Å². The summed E-state index contributed by atoms with van der Waals surface area (Å²) in [7, 11) is 2.11. The number of imidazole rings is 1. The summed E-state index contributed by atoms with van der Waals surface area (Å²) in [6.45, 7) is 4.60. The highest BCUT2D eigenvalue weighted by molar-refractivity contribution is 5.92. The van der Waals surface area contributed by atoms with Crippen LogP contribution >= 0.6 is 0 Å². The highest BCUT2D eigenvalue weighted by atomic mass is 16.3. The van der Waals surface area contributed by atoms with E-state index in [4.69, 9.17) is 0 Å². The zero-order chi connectivity index (χ0) is 19.5. The smallest absolute Gasteiger partial charge is 0.270 e. The molecule has 0 spiro atoms. The number of pyridine rings is 1. The Balaban J connectivity index is 1.36. The molecule has 2 fully saturated rings. The number of nitrogens with one attached hydrogen (secondary N) is 1. The van der Waals surface area contributed by atoms with E-state index in [1.807, 2.05) is 22.9 Å². The van der Waals surface area contributed by atoms with Gasteiger partial charge >= 0.3 is 0 Å². The number of carbonyl (C=O) groups excluding carboxylic acids is 1. The number of nitrogens with zero attached hydrogens (tertiary/aromatic N) is 5. The standard InChI is InChI=1S/C20H28N6O2/c1-24-7-9-26(10-8-24)19-4-2-3-16(22-19)20(28)23-17-11-15(12-18(17)27)13-25-6-5-21-14-25/h2-6,14-15,17-18,27H,7-13H2,1H3,(H,23,28)/t15?,17-,18-/m1/s1. The van der Waals surface area contributed by atoms with Crippen LogP contribution in [-0.4, -0.2) is 75.8 Å². The minimum Gasteiger partial charge on any atom is -0.391 e. The van der Waals surface area contributed by atoms with E-state index >= 15 is 0 Å². The molecule has 0 radical (unpaired) electrons. The van der Waals surface area contributed by atoms with Crippen LogP contribution in [0.1, 0.15) is 23.3 Å². The second-order valence-electron chi connectivity index (χ2n) is 7.92. The highest BCUT2D eigenvalue weighted by Gasteiger charge is 2.34. The van der Waals surface area contributed by atoms with Crippen molar-refractivity contribution in [3.63, 3.8) is 0 Å².